The van der Waals surface area contributed by atoms with Crippen LogP contribution in [0.3, 0.4) is 0 Å². The van der Waals surface area contributed by atoms with Gasteiger partial charge in [-0.05, 0) is 69.3 Å². The second-order valence-corrected chi connectivity index (χ2v) is 9.58. The molecule has 1 aliphatic heterocycles. The standard InChI is InChI=1S/C27H34N4O4/c1-17-13-24(35-4)22(21-9-11-28-26(17)21)15-31-12-10-20(29-25(32)16-30(2)3)14-23(31)18-5-7-19(8-6-18)27(33)34/h5-9,11,13,20,23,28H,10,12,14-16H2,1-4H3,(H,29,32)(H,33,34)/t20-,23-/m0/s1. The van der Waals surface area contributed by atoms with Crippen molar-refractivity contribution < 1.29 is 19.4 Å². The first-order valence-corrected chi connectivity index (χ1v) is 11.9. The van der Waals surface area contributed by atoms with Crippen LogP contribution in [-0.4, -0.2) is 72.1 Å². The summed E-state index contributed by atoms with van der Waals surface area (Å²) in [6.45, 7) is 3.90. The first-order chi connectivity index (χ1) is 16.8. The Labute approximate surface area is 205 Å². The Balaban J connectivity index is 1.64. The third-order valence-corrected chi connectivity index (χ3v) is 6.77. The lowest BCUT2D eigenvalue weighted by molar-refractivity contribution is -0.122. The van der Waals surface area contributed by atoms with E-state index in [2.05, 4.69) is 34.3 Å². The Hall–Kier alpha value is -3.36. The van der Waals surface area contributed by atoms with Crippen molar-refractivity contribution in [1.82, 2.24) is 20.1 Å². The van der Waals surface area contributed by atoms with E-state index in [1.54, 1.807) is 19.2 Å². The van der Waals surface area contributed by atoms with E-state index in [0.717, 1.165) is 52.7 Å². The molecule has 8 heteroatoms. The predicted octanol–water partition coefficient (Wildman–Crippen LogP) is 3.57. The summed E-state index contributed by atoms with van der Waals surface area (Å²) in [5, 5.41) is 13.7. The van der Waals surface area contributed by atoms with Crippen LogP contribution in [0.4, 0.5) is 0 Å². The topological polar surface area (TPSA) is 97.9 Å². The van der Waals surface area contributed by atoms with Crippen molar-refractivity contribution in [2.24, 2.45) is 0 Å². The molecule has 2 atom stereocenters. The van der Waals surface area contributed by atoms with Crippen LogP contribution < -0.4 is 10.1 Å². The number of ether oxygens (including phenoxy) is 1. The van der Waals surface area contributed by atoms with Gasteiger partial charge in [0.25, 0.3) is 0 Å². The number of piperidine rings is 1. The van der Waals surface area contributed by atoms with Gasteiger partial charge in [0.2, 0.25) is 5.91 Å². The molecule has 0 radical (unpaired) electrons. The quantitative estimate of drug-likeness (QED) is 0.458. The Morgan fingerprint density at radius 3 is 2.63 bits per heavy atom. The smallest absolute Gasteiger partial charge is 0.335 e. The number of carboxylic acids is 1. The van der Waals surface area contributed by atoms with Crippen LogP contribution in [0.1, 0.15) is 45.9 Å². The minimum atomic E-state index is -0.940. The van der Waals surface area contributed by atoms with Crippen LogP contribution in [0.15, 0.2) is 42.6 Å². The van der Waals surface area contributed by atoms with Crippen LogP contribution in [0, 0.1) is 6.92 Å². The highest BCUT2D eigenvalue weighted by molar-refractivity contribution is 5.88. The number of aromatic amines is 1. The number of benzene rings is 2. The Bertz CT molecular complexity index is 1200. The van der Waals surface area contributed by atoms with E-state index in [1.807, 2.05) is 37.3 Å². The van der Waals surface area contributed by atoms with Gasteiger partial charge in [0, 0.05) is 47.8 Å². The molecule has 35 heavy (non-hydrogen) atoms. The molecule has 186 valence electrons. The number of nitrogens with one attached hydrogen (secondary N) is 2. The number of fused-ring (bicyclic) bond motifs is 1. The molecule has 8 nitrogen and oxygen atoms in total. The van der Waals surface area contributed by atoms with Gasteiger partial charge in [0.1, 0.15) is 5.75 Å². The number of carboxylic acid groups (broad SMARTS) is 1. The first-order valence-electron chi connectivity index (χ1n) is 11.9. The maximum Gasteiger partial charge on any atom is 0.335 e. The number of hydrogen-bond acceptors (Lipinski definition) is 5. The number of likely N-dealkylation sites (tertiary alicyclic amines) is 1. The first kappa shape index (κ1) is 24.8. The fourth-order valence-electron chi connectivity index (χ4n) is 5.07. The second kappa shape index (κ2) is 10.5. The highest BCUT2D eigenvalue weighted by Crippen LogP contribution is 2.37. The molecule has 1 aliphatic rings. The van der Waals surface area contributed by atoms with Gasteiger partial charge in [-0.1, -0.05) is 12.1 Å². The highest BCUT2D eigenvalue weighted by Gasteiger charge is 2.31. The zero-order valence-electron chi connectivity index (χ0n) is 20.8. The van der Waals surface area contributed by atoms with E-state index in [9.17, 15) is 14.7 Å². The molecule has 2 heterocycles. The lowest BCUT2D eigenvalue weighted by Crippen LogP contribution is -2.47. The number of nitrogens with zero attached hydrogens (tertiary/aromatic N) is 2. The average molecular weight is 479 g/mol. The van der Waals surface area contributed by atoms with Gasteiger partial charge in [-0.25, -0.2) is 4.79 Å². The summed E-state index contributed by atoms with van der Waals surface area (Å²) in [4.78, 5) is 31.4. The van der Waals surface area contributed by atoms with E-state index >= 15 is 0 Å². The molecule has 0 bridgehead atoms. The van der Waals surface area contributed by atoms with Crippen molar-refractivity contribution >= 4 is 22.8 Å². The Morgan fingerprint density at radius 1 is 1.23 bits per heavy atom. The third-order valence-electron chi connectivity index (χ3n) is 6.77. The van der Waals surface area contributed by atoms with Gasteiger partial charge in [0.05, 0.1) is 19.2 Å². The van der Waals surface area contributed by atoms with Gasteiger partial charge in [0.15, 0.2) is 0 Å². The molecule has 1 amide bonds. The van der Waals surface area contributed by atoms with Crippen molar-refractivity contribution in [1.29, 1.82) is 0 Å². The summed E-state index contributed by atoms with van der Waals surface area (Å²) >= 11 is 0. The van der Waals surface area contributed by atoms with Gasteiger partial charge in [-0.3, -0.25) is 9.69 Å². The van der Waals surface area contributed by atoms with Crippen molar-refractivity contribution in [2.75, 3.05) is 34.3 Å². The predicted molar refractivity (Wildman–Crippen MR) is 136 cm³/mol. The molecule has 3 N–H and O–H groups in total. The van der Waals surface area contributed by atoms with Gasteiger partial charge >= 0.3 is 5.97 Å². The summed E-state index contributed by atoms with van der Waals surface area (Å²) in [6.07, 6.45) is 3.54. The maximum atomic E-state index is 12.4. The number of hydrogen-bond donors (Lipinski definition) is 3. The molecule has 1 aromatic heterocycles. The molecular formula is C27H34N4O4. The summed E-state index contributed by atoms with van der Waals surface area (Å²) in [7, 11) is 5.46. The molecule has 4 rings (SSSR count). The number of amides is 1. The summed E-state index contributed by atoms with van der Waals surface area (Å²) in [6, 6.07) is 11.3. The number of methoxy groups -OCH3 is 1. The number of aromatic nitrogens is 1. The summed E-state index contributed by atoms with van der Waals surface area (Å²) in [5.41, 5.74) is 4.67. The van der Waals surface area contributed by atoms with Crippen molar-refractivity contribution in [3.05, 3.63) is 64.8 Å². The van der Waals surface area contributed by atoms with Crippen molar-refractivity contribution in [3.63, 3.8) is 0 Å². The zero-order valence-corrected chi connectivity index (χ0v) is 20.8. The highest BCUT2D eigenvalue weighted by atomic mass is 16.5. The average Bonchev–Trinajstić information content (AvgIpc) is 3.32. The maximum absolute atomic E-state index is 12.4. The normalized spacial score (nSPS) is 18.7. The fourth-order valence-corrected chi connectivity index (χ4v) is 5.07. The number of aryl methyl sites for hydroxylation is 1. The largest absolute Gasteiger partial charge is 0.496 e. The lowest BCUT2D eigenvalue weighted by atomic mass is 9.90. The van der Waals surface area contributed by atoms with E-state index in [0.29, 0.717) is 13.1 Å². The molecular weight excluding hydrogens is 444 g/mol. The van der Waals surface area contributed by atoms with E-state index < -0.39 is 5.97 Å². The lowest BCUT2D eigenvalue weighted by Gasteiger charge is -2.40. The van der Waals surface area contributed by atoms with Gasteiger partial charge < -0.3 is 25.0 Å². The molecule has 0 saturated carbocycles. The SMILES string of the molecule is COc1cc(C)c2[nH]ccc2c1CN1CC[C@H](NC(=O)CN(C)C)C[C@H]1c1ccc(C(=O)O)cc1. The molecule has 0 aliphatic carbocycles. The monoisotopic (exact) mass is 478 g/mol. The summed E-state index contributed by atoms with van der Waals surface area (Å²) in [5.74, 6) is -0.0660. The van der Waals surface area contributed by atoms with Crippen LogP contribution in [-0.2, 0) is 11.3 Å². The Kier molecular flexibility index (Phi) is 7.42. The van der Waals surface area contributed by atoms with Gasteiger partial charge in [-0.15, -0.1) is 0 Å². The molecule has 0 spiro atoms. The number of likely N-dealkylation sites (N-methyl/N-ethyl adjacent to an activating group) is 1. The van der Waals surface area contributed by atoms with E-state index in [1.165, 1.54) is 0 Å². The van der Waals surface area contributed by atoms with Crippen LogP contribution >= 0.6 is 0 Å². The number of carbonyl (C=O) groups is 2. The summed E-state index contributed by atoms with van der Waals surface area (Å²) < 4.78 is 5.77. The minimum absolute atomic E-state index is 0.0164. The molecule has 2 aromatic carbocycles. The number of H-pyrrole nitrogens is 1. The molecule has 1 fully saturated rings. The second-order valence-electron chi connectivity index (χ2n) is 9.58. The molecule has 3 aromatic rings. The number of aromatic carboxylic acids is 1. The fraction of sp³-hybridized carbons (Fsp3) is 0.407. The Morgan fingerprint density at radius 2 is 1.97 bits per heavy atom. The molecule has 0 unspecified atom stereocenters. The third kappa shape index (κ3) is 5.49. The van der Waals surface area contributed by atoms with E-state index in [4.69, 9.17) is 4.74 Å². The number of carbonyl (C=O) groups excluding carboxylic acids is 1. The zero-order chi connectivity index (χ0) is 25.1. The van der Waals surface area contributed by atoms with Crippen molar-refractivity contribution in [3.8, 4) is 5.75 Å². The molecule has 1 saturated heterocycles. The van der Waals surface area contributed by atoms with Crippen molar-refractivity contribution in [2.45, 2.75) is 38.4 Å². The van der Waals surface area contributed by atoms with E-state index in [-0.39, 0.29) is 23.6 Å². The number of rotatable bonds is 8. The van der Waals surface area contributed by atoms with Crippen LogP contribution in [0.5, 0.6) is 5.75 Å². The van der Waals surface area contributed by atoms with Gasteiger partial charge in [-0.2, -0.15) is 0 Å². The minimum Gasteiger partial charge on any atom is -0.496 e. The van der Waals surface area contributed by atoms with Crippen LogP contribution in [0.25, 0.3) is 10.9 Å². The van der Waals surface area contributed by atoms with Crippen LogP contribution in [0.2, 0.25) is 0 Å².